The highest BCUT2D eigenvalue weighted by atomic mass is 35.5. The van der Waals surface area contributed by atoms with Crippen LogP contribution in [0.5, 0.6) is 11.5 Å². The molecule has 1 N–H and O–H groups in total. The van der Waals surface area contributed by atoms with Crippen molar-refractivity contribution < 1.29 is 9.47 Å². The first-order valence-electron chi connectivity index (χ1n) is 8.69. The van der Waals surface area contributed by atoms with Crippen LogP contribution < -0.4 is 14.8 Å². The summed E-state index contributed by atoms with van der Waals surface area (Å²) >= 11 is 18.6. The quantitative estimate of drug-likeness (QED) is 0.395. The van der Waals surface area contributed by atoms with Gasteiger partial charge in [0.1, 0.15) is 6.61 Å². The predicted octanol–water partition coefficient (Wildman–Crippen LogP) is 6.12. The maximum atomic E-state index is 6.43. The smallest absolute Gasteiger partial charge is 0.180 e. The molecule has 0 aliphatic rings. The highest BCUT2D eigenvalue weighted by Crippen LogP contribution is 2.37. The molecular formula is C20H27Cl5N2O2. The number of hydrogen-bond acceptors (Lipinski definition) is 4. The molecule has 2 rings (SSSR count). The zero-order valence-electron chi connectivity index (χ0n) is 16.6. The minimum Gasteiger partial charge on any atom is -0.493 e. The first-order chi connectivity index (χ1) is 12.9. The summed E-state index contributed by atoms with van der Waals surface area (Å²) in [6, 6.07) is 9.12. The summed E-state index contributed by atoms with van der Waals surface area (Å²) in [5.41, 5.74) is 1.87. The van der Waals surface area contributed by atoms with Crippen LogP contribution in [-0.4, -0.2) is 39.2 Å². The minimum atomic E-state index is 0. The fraction of sp³-hybridized carbons (Fsp3) is 0.400. The van der Waals surface area contributed by atoms with E-state index in [9.17, 15) is 0 Å². The van der Waals surface area contributed by atoms with Gasteiger partial charge in [-0.05, 0) is 63.4 Å². The molecule has 0 radical (unpaired) electrons. The maximum Gasteiger partial charge on any atom is 0.180 e. The summed E-state index contributed by atoms with van der Waals surface area (Å²) in [5, 5.41) is 5.06. The van der Waals surface area contributed by atoms with Crippen molar-refractivity contribution in [3.05, 3.63) is 56.5 Å². The molecule has 0 heterocycles. The van der Waals surface area contributed by atoms with Gasteiger partial charge in [0.05, 0.1) is 12.1 Å². The molecular weight excluding hydrogens is 477 g/mol. The van der Waals surface area contributed by atoms with Gasteiger partial charge in [-0.2, -0.15) is 0 Å². The lowest BCUT2D eigenvalue weighted by molar-refractivity contribution is 0.284. The number of hydrogen-bond donors (Lipinski definition) is 1. The van der Waals surface area contributed by atoms with Crippen molar-refractivity contribution in [1.29, 1.82) is 0 Å². The molecule has 164 valence electrons. The SMILES string of the molecule is COc1cc(CNCCCN(C)C)cc(Cl)c1OCc1ccc(Cl)cc1Cl.Cl.Cl. The summed E-state index contributed by atoms with van der Waals surface area (Å²) in [6.45, 7) is 2.98. The lowest BCUT2D eigenvalue weighted by atomic mass is 10.2. The third kappa shape index (κ3) is 9.39. The Hall–Kier alpha value is -0.590. The number of benzene rings is 2. The fourth-order valence-electron chi connectivity index (χ4n) is 2.56. The first-order valence-corrected chi connectivity index (χ1v) is 9.82. The molecule has 0 aliphatic heterocycles. The largest absolute Gasteiger partial charge is 0.493 e. The molecule has 0 amide bonds. The number of ether oxygens (including phenoxy) is 2. The van der Waals surface area contributed by atoms with Gasteiger partial charge in [0, 0.05) is 22.2 Å². The minimum absolute atomic E-state index is 0. The Balaban J connectivity index is 0.00000392. The highest BCUT2D eigenvalue weighted by molar-refractivity contribution is 6.35. The molecule has 0 spiro atoms. The number of rotatable bonds is 10. The van der Waals surface area contributed by atoms with Crippen molar-refractivity contribution in [2.24, 2.45) is 0 Å². The first kappa shape index (κ1) is 28.4. The Labute approximate surface area is 200 Å². The Kier molecular flexibility index (Phi) is 14.1. The maximum absolute atomic E-state index is 6.43. The van der Waals surface area contributed by atoms with E-state index in [2.05, 4.69) is 24.3 Å². The van der Waals surface area contributed by atoms with Gasteiger partial charge in [0.2, 0.25) is 0 Å². The molecule has 0 saturated carbocycles. The van der Waals surface area contributed by atoms with E-state index in [1.165, 1.54) is 0 Å². The van der Waals surface area contributed by atoms with Crippen LogP contribution >= 0.6 is 59.6 Å². The monoisotopic (exact) mass is 502 g/mol. The second-order valence-electron chi connectivity index (χ2n) is 6.47. The standard InChI is InChI=1S/C20H25Cl3N2O2.2ClH/c1-25(2)8-4-7-24-12-14-9-18(23)20(19(10-14)26-3)27-13-15-5-6-16(21)11-17(15)22;;/h5-6,9-11,24H,4,7-8,12-13H2,1-3H3;2*1H. The van der Waals surface area contributed by atoms with Crippen LogP contribution in [0.4, 0.5) is 0 Å². The van der Waals surface area contributed by atoms with Crippen molar-refractivity contribution >= 4 is 59.6 Å². The Morgan fingerprint density at radius 2 is 1.72 bits per heavy atom. The topological polar surface area (TPSA) is 33.7 Å². The third-order valence-electron chi connectivity index (χ3n) is 3.96. The number of nitrogens with one attached hydrogen (secondary N) is 1. The van der Waals surface area contributed by atoms with Gasteiger partial charge >= 0.3 is 0 Å². The van der Waals surface area contributed by atoms with Gasteiger partial charge in [-0.1, -0.05) is 40.9 Å². The summed E-state index contributed by atoms with van der Waals surface area (Å²) in [7, 11) is 5.74. The van der Waals surface area contributed by atoms with Crippen LogP contribution in [0.1, 0.15) is 17.5 Å². The molecule has 2 aromatic rings. The van der Waals surface area contributed by atoms with E-state index in [0.717, 1.165) is 30.6 Å². The molecule has 0 aliphatic carbocycles. The van der Waals surface area contributed by atoms with Gasteiger partial charge in [-0.25, -0.2) is 0 Å². The fourth-order valence-corrected chi connectivity index (χ4v) is 3.31. The van der Waals surface area contributed by atoms with E-state index in [0.29, 0.717) is 33.1 Å². The van der Waals surface area contributed by atoms with E-state index in [1.54, 1.807) is 19.2 Å². The number of halogens is 5. The van der Waals surface area contributed by atoms with E-state index in [-0.39, 0.29) is 31.4 Å². The molecule has 0 fully saturated rings. The molecule has 2 aromatic carbocycles. The number of methoxy groups -OCH3 is 1. The Morgan fingerprint density at radius 1 is 1.00 bits per heavy atom. The molecule has 9 heteroatoms. The second-order valence-corrected chi connectivity index (χ2v) is 7.72. The highest BCUT2D eigenvalue weighted by Gasteiger charge is 2.13. The molecule has 0 aromatic heterocycles. The van der Waals surface area contributed by atoms with E-state index < -0.39 is 0 Å². The summed E-state index contributed by atoms with van der Waals surface area (Å²) in [6.07, 6.45) is 1.08. The van der Waals surface area contributed by atoms with E-state index in [1.807, 2.05) is 18.2 Å². The number of nitrogens with zero attached hydrogens (tertiary/aromatic N) is 1. The van der Waals surface area contributed by atoms with Crippen molar-refractivity contribution in [1.82, 2.24) is 10.2 Å². The van der Waals surface area contributed by atoms with Crippen molar-refractivity contribution in [2.45, 2.75) is 19.6 Å². The summed E-state index contributed by atoms with van der Waals surface area (Å²) < 4.78 is 11.3. The van der Waals surface area contributed by atoms with Crippen LogP contribution in [0.2, 0.25) is 15.1 Å². The van der Waals surface area contributed by atoms with Crippen molar-refractivity contribution in [2.75, 3.05) is 34.3 Å². The van der Waals surface area contributed by atoms with Gasteiger partial charge in [0.25, 0.3) is 0 Å². The van der Waals surface area contributed by atoms with Gasteiger partial charge in [0.15, 0.2) is 11.5 Å². The third-order valence-corrected chi connectivity index (χ3v) is 4.83. The average molecular weight is 505 g/mol. The molecule has 4 nitrogen and oxygen atoms in total. The Morgan fingerprint density at radius 3 is 2.34 bits per heavy atom. The lowest BCUT2D eigenvalue weighted by Crippen LogP contribution is -2.21. The Bertz CT molecular complexity index is 760. The lowest BCUT2D eigenvalue weighted by Gasteiger charge is -2.15. The normalized spacial score (nSPS) is 10.3. The zero-order valence-corrected chi connectivity index (χ0v) is 20.5. The van der Waals surface area contributed by atoms with Crippen LogP contribution in [-0.2, 0) is 13.2 Å². The molecule has 0 atom stereocenters. The molecule has 0 unspecified atom stereocenters. The average Bonchev–Trinajstić information content (AvgIpc) is 2.61. The zero-order chi connectivity index (χ0) is 19.8. The van der Waals surface area contributed by atoms with Gasteiger partial charge < -0.3 is 19.7 Å². The summed E-state index contributed by atoms with van der Waals surface area (Å²) in [5.74, 6) is 1.10. The summed E-state index contributed by atoms with van der Waals surface area (Å²) in [4.78, 5) is 2.17. The predicted molar refractivity (Wildman–Crippen MR) is 128 cm³/mol. The van der Waals surface area contributed by atoms with E-state index in [4.69, 9.17) is 44.3 Å². The van der Waals surface area contributed by atoms with Crippen LogP contribution in [0, 0.1) is 0 Å². The second kappa shape index (κ2) is 14.4. The molecule has 0 bridgehead atoms. The van der Waals surface area contributed by atoms with Crippen molar-refractivity contribution in [3.8, 4) is 11.5 Å². The molecule has 0 saturated heterocycles. The van der Waals surface area contributed by atoms with Gasteiger partial charge in [-0.3, -0.25) is 0 Å². The van der Waals surface area contributed by atoms with Crippen LogP contribution in [0.3, 0.4) is 0 Å². The van der Waals surface area contributed by atoms with E-state index >= 15 is 0 Å². The van der Waals surface area contributed by atoms with Gasteiger partial charge in [-0.15, -0.1) is 24.8 Å². The van der Waals surface area contributed by atoms with Crippen LogP contribution in [0.25, 0.3) is 0 Å². The van der Waals surface area contributed by atoms with Crippen LogP contribution in [0.15, 0.2) is 30.3 Å². The molecule has 29 heavy (non-hydrogen) atoms. The van der Waals surface area contributed by atoms with Crippen molar-refractivity contribution in [3.63, 3.8) is 0 Å².